The van der Waals surface area contributed by atoms with Crippen LogP contribution in [-0.4, -0.2) is 63.8 Å². The van der Waals surface area contributed by atoms with Crippen molar-refractivity contribution in [3.63, 3.8) is 0 Å². The number of benzene rings is 2. The van der Waals surface area contributed by atoms with Crippen molar-refractivity contribution in [2.24, 2.45) is 0 Å². The van der Waals surface area contributed by atoms with E-state index in [2.05, 4.69) is 52.4 Å². The molecule has 178 valence electrons. The van der Waals surface area contributed by atoms with Gasteiger partial charge >= 0.3 is 0 Å². The molecule has 1 saturated heterocycles. The number of ether oxygens (including phenoxy) is 2. The molecule has 0 aliphatic carbocycles. The molecule has 33 heavy (non-hydrogen) atoms. The number of anilines is 1. The molecule has 2 heterocycles. The topological polar surface area (TPSA) is 54.0 Å². The van der Waals surface area contributed by atoms with Crippen molar-refractivity contribution in [3.05, 3.63) is 59.2 Å². The summed E-state index contributed by atoms with van der Waals surface area (Å²) >= 11 is 0. The highest BCUT2D eigenvalue weighted by atomic mass is 16.5. The second-order valence-electron chi connectivity index (χ2n) is 8.98. The quantitative estimate of drug-likeness (QED) is 0.632. The number of hydrogen-bond donors (Lipinski definition) is 1. The van der Waals surface area contributed by atoms with E-state index in [-0.39, 0.29) is 12.0 Å². The molecule has 0 saturated carbocycles. The number of nitrogens with zero attached hydrogens (tertiary/aromatic N) is 2. The Morgan fingerprint density at radius 2 is 1.91 bits per heavy atom. The van der Waals surface area contributed by atoms with Crippen molar-refractivity contribution in [1.29, 1.82) is 0 Å². The third-order valence-corrected chi connectivity index (χ3v) is 6.70. The number of methoxy groups -OCH3 is 1. The van der Waals surface area contributed by atoms with Gasteiger partial charge < -0.3 is 19.7 Å². The summed E-state index contributed by atoms with van der Waals surface area (Å²) in [6.07, 6.45) is 3.50. The van der Waals surface area contributed by atoms with Crippen molar-refractivity contribution in [2.45, 2.75) is 38.7 Å². The SMILES string of the molecule is CCCNC(=O)Cc1ccc2c(c1)CCOC2CCN1CCN(c2ccc(OC)cc2)CC1. The Morgan fingerprint density at radius 3 is 2.64 bits per heavy atom. The summed E-state index contributed by atoms with van der Waals surface area (Å²) in [5, 5.41) is 2.97. The van der Waals surface area contributed by atoms with Crippen LogP contribution in [0.15, 0.2) is 42.5 Å². The van der Waals surface area contributed by atoms with Crippen LogP contribution in [0.3, 0.4) is 0 Å². The van der Waals surface area contributed by atoms with E-state index in [1.54, 1.807) is 7.11 Å². The summed E-state index contributed by atoms with van der Waals surface area (Å²) in [5.74, 6) is 1.01. The molecule has 0 bridgehead atoms. The van der Waals surface area contributed by atoms with Crippen LogP contribution in [0.5, 0.6) is 5.75 Å². The van der Waals surface area contributed by atoms with Crippen molar-refractivity contribution in [3.8, 4) is 5.75 Å². The Balaban J connectivity index is 1.27. The van der Waals surface area contributed by atoms with Gasteiger partial charge in [-0.05, 0) is 60.2 Å². The second kappa shape index (κ2) is 11.5. The predicted molar refractivity (Wildman–Crippen MR) is 132 cm³/mol. The molecule has 2 aromatic carbocycles. The lowest BCUT2D eigenvalue weighted by atomic mass is 9.93. The van der Waals surface area contributed by atoms with Gasteiger partial charge in [0.05, 0.1) is 26.2 Å². The Bertz CT molecular complexity index is 907. The lowest BCUT2D eigenvalue weighted by Crippen LogP contribution is -2.46. The minimum Gasteiger partial charge on any atom is -0.497 e. The van der Waals surface area contributed by atoms with Crippen molar-refractivity contribution in [1.82, 2.24) is 10.2 Å². The molecule has 1 N–H and O–H groups in total. The zero-order chi connectivity index (χ0) is 23.0. The molecule has 2 aliphatic rings. The lowest BCUT2D eigenvalue weighted by molar-refractivity contribution is -0.120. The molecular weight excluding hydrogens is 414 g/mol. The number of hydrogen-bond acceptors (Lipinski definition) is 5. The van der Waals surface area contributed by atoms with E-state index in [0.29, 0.717) is 6.42 Å². The minimum atomic E-state index is 0.106. The van der Waals surface area contributed by atoms with Crippen LogP contribution >= 0.6 is 0 Å². The van der Waals surface area contributed by atoms with Crippen molar-refractivity contribution >= 4 is 11.6 Å². The van der Waals surface area contributed by atoms with Gasteiger partial charge in [0.15, 0.2) is 0 Å². The molecule has 1 fully saturated rings. The Morgan fingerprint density at radius 1 is 1.12 bits per heavy atom. The van der Waals surface area contributed by atoms with Crippen molar-refractivity contribution in [2.75, 3.05) is 57.9 Å². The molecular formula is C27H37N3O3. The second-order valence-corrected chi connectivity index (χ2v) is 8.98. The van der Waals surface area contributed by atoms with E-state index in [0.717, 1.165) is 76.5 Å². The predicted octanol–water partition coefficient (Wildman–Crippen LogP) is 3.59. The van der Waals surface area contributed by atoms with E-state index < -0.39 is 0 Å². The highest BCUT2D eigenvalue weighted by molar-refractivity contribution is 5.78. The smallest absolute Gasteiger partial charge is 0.224 e. The summed E-state index contributed by atoms with van der Waals surface area (Å²) in [7, 11) is 1.70. The third kappa shape index (κ3) is 6.27. The third-order valence-electron chi connectivity index (χ3n) is 6.70. The maximum absolute atomic E-state index is 12.1. The fourth-order valence-electron chi connectivity index (χ4n) is 4.77. The first-order valence-electron chi connectivity index (χ1n) is 12.3. The van der Waals surface area contributed by atoms with E-state index in [9.17, 15) is 4.79 Å². The number of piperazine rings is 1. The van der Waals surface area contributed by atoms with Crippen LogP contribution < -0.4 is 15.0 Å². The first kappa shape index (κ1) is 23.6. The first-order valence-corrected chi connectivity index (χ1v) is 12.3. The van der Waals surface area contributed by atoms with Gasteiger partial charge in [0.2, 0.25) is 5.91 Å². The normalized spacial score (nSPS) is 18.6. The van der Waals surface area contributed by atoms with E-state index in [1.165, 1.54) is 16.8 Å². The van der Waals surface area contributed by atoms with Gasteiger partial charge in [-0.25, -0.2) is 0 Å². The van der Waals surface area contributed by atoms with Crippen LogP contribution in [0, 0.1) is 0 Å². The molecule has 1 amide bonds. The van der Waals surface area contributed by atoms with Crippen LogP contribution in [0.1, 0.15) is 42.6 Å². The van der Waals surface area contributed by atoms with Gasteiger partial charge in [-0.15, -0.1) is 0 Å². The molecule has 4 rings (SSSR count). The van der Waals surface area contributed by atoms with E-state index >= 15 is 0 Å². The number of nitrogens with one attached hydrogen (secondary N) is 1. The molecule has 0 spiro atoms. The molecule has 2 aromatic rings. The van der Waals surface area contributed by atoms with Gasteiger partial charge in [-0.1, -0.05) is 25.1 Å². The molecule has 0 aromatic heterocycles. The number of carbonyl (C=O) groups is 1. The highest BCUT2D eigenvalue weighted by Gasteiger charge is 2.24. The van der Waals surface area contributed by atoms with Crippen LogP contribution in [0.4, 0.5) is 5.69 Å². The zero-order valence-electron chi connectivity index (χ0n) is 20.0. The average Bonchev–Trinajstić information content (AvgIpc) is 2.86. The van der Waals surface area contributed by atoms with Gasteiger partial charge in [-0.3, -0.25) is 9.69 Å². The molecule has 0 radical (unpaired) electrons. The maximum Gasteiger partial charge on any atom is 0.224 e. The fourth-order valence-corrected chi connectivity index (χ4v) is 4.77. The number of amides is 1. The van der Waals surface area contributed by atoms with Gasteiger partial charge in [0.25, 0.3) is 0 Å². The lowest BCUT2D eigenvalue weighted by Gasteiger charge is -2.37. The number of rotatable bonds is 9. The van der Waals surface area contributed by atoms with E-state index in [1.807, 2.05) is 12.1 Å². The summed E-state index contributed by atoms with van der Waals surface area (Å²) in [4.78, 5) is 17.1. The van der Waals surface area contributed by atoms with Crippen LogP contribution in [0.2, 0.25) is 0 Å². The Hall–Kier alpha value is -2.57. The fraction of sp³-hybridized carbons (Fsp3) is 0.519. The highest BCUT2D eigenvalue weighted by Crippen LogP contribution is 2.31. The van der Waals surface area contributed by atoms with E-state index in [4.69, 9.17) is 9.47 Å². The Labute approximate surface area is 197 Å². The summed E-state index contributed by atoms with van der Waals surface area (Å²) in [5.41, 5.74) is 5.00. The molecule has 1 atom stereocenters. The zero-order valence-corrected chi connectivity index (χ0v) is 20.0. The van der Waals surface area contributed by atoms with Crippen molar-refractivity contribution < 1.29 is 14.3 Å². The summed E-state index contributed by atoms with van der Waals surface area (Å²) < 4.78 is 11.4. The summed E-state index contributed by atoms with van der Waals surface area (Å²) in [6, 6.07) is 14.8. The monoisotopic (exact) mass is 451 g/mol. The van der Waals surface area contributed by atoms with Gasteiger partial charge in [-0.2, -0.15) is 0 Å². The first-order chi connectivity index (χ1) is 16.2. The van der Waals surface area contributed by atoms with Crippen LogP contribution in [0.25, 0.3) is 0 Å². The largest absolute Gasteiger partial charge is 0.497 e. The minimum absolute atomic E-state index is 0.106. The molecule has 1 unspecified atom stereocenters. The maximum atomic E-state index is 12.1. The Kier molecular flexibility index (Phi) is 8.24. The molecule has 6 nitrogen and oxygen atoms in total. The number of carbonyl (C=O) groups excluding carboxylic acids is 1. The number of fused-ring (bicyclic) bond motifs is 1. The molecule has 2 aliphatic heterocycles. The van der Waals surface area contributed by atoms with Gasteiger partial charge in [0, 0.05) is 45.0 Å². The standard InChI is InChI=1S/C27H37N3O3/c1-3-12-28-27(31)20-21-4-9-25-22(19-21)11-18-33-26(25)10-13-29-14-16-30(17-15-29)23-5-7-24(32-2)8-6-23/h4-9,19,26H,3,10-18,20H2,1-2H3,(H,28,31). The average molecular weight is 452 g/mol. The van der Waals surface area contributed by atoms with Crippen LogP contribution in [-0.2, 0) is 22.4 Å². The van der Waals surface area contributed by atoms with Gasteiger partial charge in [0.1, 0.15) is 5.75 Å². The molecule has 6 heteroatoms. The summed E-state index contributed by atoms with van der Waals surface area (Å²) in [6.45, 7) is 8.83.